The average molecular weight is 237 g/mol. The van der Waals surface area contributed by atoms with E-state index >= 15 is 0 Å². The zero-order valence-corrected chi connectivity index (χ0v) is 10.7. The molecule has 17 heavy (non-hydrogen) atoms. The van der Waals surface area contributed by atoms with E-state index < -0.39 is 11.6 Å². The normalized spacial score (nSPS) is 14.2. The first kappa shape index (κ1) is 13.5. The zero-order chi connectivity index (χ0) is 13.2. The van der Waals surface area contributed by atoms with Crippen LogP contribution in [0.15, 0.2) is 18.2 Å². The molecule has 0 aliphatic heterocycles. The molecule has 4 heteroatoms. The summed E-state index contributed by atoms with van der Waals surface area (Å²) in [6.45, 7) is 5.32. The van der Waals surface area contributed by atoms with Crippen molar-refractivity contribution in [3.05, 3.63) is 29.3 Å². The highest BCUT2D eigenvalue weighted by Gasteiger charge is 2.31. The van der Waals surface area contributed by atoms with Gasteiger partial charge in [-0.15, -0.1) is 0 Å². The largest absolute Gasteiger partial charge is 0.479 e. The Morgan fingerprint density at radius 3 is 2.47 bits per heavy atom. The lowest BCUT2D eigenvalue weighted by Gasteiger charge is -2.28. The third-order valence-electron chi connectivity index (χ3n) is 2.77. The molecule has 4 nitrogen and oxygen atoms in total. The van der Waals surface area contributed by atoms with Gasteiger partial charge in [0.1, 0.15) is 0 Å². The molecule has 1 rings (SSSR count). The van der Waals surface area contributed by atoms with Crippen molar-refractivity contribution >= 4 is 11.7 Å². The number of carboxylic acids is 1. The Labute approximate surface area is 101 Å². The summed E-state index contributed by atoms with van der Waals surface area (Å²) >= 11 is 0. The topological polar surface area (TPSA) is 60.8 Å². The number of carboxylic acid groups (broad SMARTS) is 1. The van der Waals surface area contributed by atoms with E-state index in [2.05, 4.69) is 0 Å². The van der Waals surface area contributed by atoms with Gasteiger partial charge in [-0.2, -0.15) is 0 Å². The van der Waals surface area contributed by atoms with Crippen molar-refractivity contribution in [1.82, 2.24) is 0 Å². The Morgan fingerprint density at radius 1 is 1.41 bits per heavy atom. The smallest absolute Gasteiger partial charge is 0.337 e. The van der Waals surface area contributed by atoms with E-state index in [1.54, 1.807) is 11.9 Å². The van der Waals surface area contributed by atoms with Gasteiger partial charge in [0.25, 0.3) is 0 Å². The molecule has 0 aliphatic carbocycles. The molecule has 1 aromatic carbocycles. The van der Waals surface area contributed by atoms with Crippen LogP contribution < -0.4 is 4.90 Å². The third-order valence-corrected chi connectivity index (χ3v) is 2.77. The molecule has 1 unspecified atom stereocenters. The Bertz CT molecular complexity index is 427. The Balaban J connectivity index is 2.90. The maximum absolute atomic E-state index is 10.9. The highest BCUT2D eigenvalue weighted by molar-refractivity contribution is 5.77. The molecule has 0 aromatic heterocycles. The summed E-state index contributed by atoms with van der Waals surface area (Å²) in [6, 6.07) is 5.93. The minimum atomic E-state index is -1.74. The SMILES string of the molecule is Cc1ccc(N(C)CC(C)(O)C(=O)O)c(C)c1. The monoisotopic (exact) mass is 237 g/mol. The molecule has 94 valence electrons. The quantitative estimate of drug-likeness (QED) is 0.834. The van der Waals surface area contributed by atoms with Crippen molar-refractivity contribution in [2.75, 3.05) is 18.5 Å². The standard InChI is InChI=1S/C13H19NO3/c1-9-5-6-11(10(2)7-9)14(4)8-13(3,17)12(15)16/h5-7,17H,8H2,1-4H3,(H,15,16). The third kappa shape index (κ3) is 3.20. The van der Waals surface area contributed by atoms with E-state index in [4.69, 9.17) is 5.11 Å². The number of hydrogen-bond donors (Lipinski definition) is 2. The van der Waals surface area contributed by atoms with Crippen LogP contribution >= 0.6 is 0 Å². The number of likely N-dealkylation sites (N-methyl/N-ethyl adjacent to an activating group) is 1. The summed E-state index contributed by atoms with van der Waals surface area (Å²) in [5, 5.41) is 18.6. The van der Waals surface area contributed by atoms with Crippen molar-refractivity contribution in [1.29, 1.82) is 0 Å². The van der Waals surface area contributed by atoms with E-state index in [0.29, 0.717) is 0 Å². The zero-order valence-electron chi connectivity index (χ0n) is 10.7. The predicted molar refractivity (Wildman–Crippen MR) is 67.4 cm³/mol. The summed E-state index contributed by atoms with van der Waals surface area (Å²) < 4.78 is 0. The van der Waals surface area contributed by atoms with Crippen LogP contribution in [0, 0.1) is 13.8 Å². The first-order valence-corrected chi connectivity index (χ1v) is 5.48. The summed E-state index contributed by atoms with van der Waals surface area (Å²) in [6.07, 6.45) is 0. The van der Waals surface area contributed by atoms with Gasteiger partial charge in [0.2, 0.25) is 0 Å². The number of rotatable bonds is 4. The fraction of sp³-hybridized carbons (Fsp3) is 0.462. The van der Waals surface area contributed by atoms with Gasteiger partial charge < -0.3 is 15.1 Å². The van der Waals surface area contributed by atoms with Crippen LogP contribution in [-0.2, 0) is 4.79 Å². The van der Waals surface area contributed by atoms with E-state index in [9.17, 15) is 9.90 Å². The minimum absolute atomic E-state index is 0.0479. The Morgan fingerprint density at radius 2 is 2.00 bits per heavy atom. The van der Waals surface area contributed by atoms with Gasteiger partial charge in [0.15, 0.2) is 5.60 Å². The van der Waals surface area contributed by atoms with E-state index in [0.717, 1.165) is 16.8 Å². The summed E-state index contributed by atoms with van der Waals surface area (Å²) in [5.74, 6) is -1.21. The minimum Gasteiger partial charge on any atom is -0.479 e. The van der Waals surface area contributed by atoms with Crippen LogP contribution in [-0.4, -0.2) is 35.4 Å². The second kappa shape index (κ2) is 4.75. The van der Waals surface area contributed by atoms with Gasteiger partial charge >= 0.3 is 5.97 Å². The second-order valence-electron chi connectivity index (χ2n) is 4.73. The van der Waals surface area contributed by atoms with E-state index in [-0.39, 0.29) is 6.54 Å². The predicted octanol–water partition coefficient (Wildman–Crippen LogP) is 1.58. The Kier molecular flexibility index (Phi) is 3.78. The number of hydrogen-bond acceptors (Lipinski definition) is 3. The van der Waals surface area contributed by atoms with Crippen LogP contribution in [0.25, 0.3) is 0 Å². The van der Waals surface area contributed by atoms with Crippen LogP contribution in [0.1, 0.15) is 18.1 Å². The molecule has 1 atom stereocenters. The van der Waals surface area contributed by atoms with E-state index in [1.165, 1.54) is 6.92 Å². The van der Waals surface area contributed by atoms with Crippen LogP contribution in [0.5, 0.6) is 0 Å². The summed E-state index contributed by atoms with van der Waals surface area (Å²) in [4.78, 5) is 12.6. The first-order chi connectivity index (χ1) is 7.74. The van der Waals surface area contributed by atoms with Crippen LogP contribution in [0.2, 0.25) is 0 Å². The molecule has 0 spiro atoms. The molecule has 0 amide bonds. The molecule has 0 saturated heterocycles. The van der Waals surface area contributed by atoms with Gasteiger partial charge in [0, 0.05) is 12.7 Å². The van der Waals surface area contributed by atoms with Crippen molar-refractivity contribution in [2.45, 2.75) is 26.4 Å². The van der Waals surface area contributed by atoms with Crippen LogP contribution in [0.4, 0.5) is 5.69 Å². The van der Waals surface area contributed by atoms with Crippen molar-refractivity contribution in [3.63, 3.8) is 0 Å². The molecule has 0 fully saturated rings. The van der Waals surface area contributed by atoms with Crippen molar-refractivity contribution < 1.29 is 15.0 Å². The summed E-state index contributed by atoms with van der Waals surface area (Å²) in [5.41, 5.74) is 1.40. The molecule has 1 aromatic rings. The summed E-state index contributed by atoms with van der Waals surface area (Å²) in [7, 11) is 1.77. The number of aryl methyl sites for hydroxylation is 2. The molecule has 0 bridgehead atoms. The average Bonchev–Trinajstić information content (AvgIpc) is 2.15. The van der Waals surface area contributed by atoms with Crippen molar-refractivity contribution in [3.8, 4) is 0 Å². The molecule has 0 saturated carbocycles. The number of benzene rings is 1. The number of nitrogens with zero attached hydrogens (tertiary/aromatic N) is 1. The van der Waals surface area contributed by atoms with Gasteiger partial charge in [-0.25, -0.2) is 4.79 Å². The van der Waals surface area contributed by atoms with Gasteiger partial charge in [-0.1, -0.05) is 17.7 Å². The van der Waals surface area contributed by atoms with Gasteiger partial charge in [-0.3, -0.25) is 0 Å². The molecule has 0 aliphatic rings. The highest BCUT2D eigenvalue weighted by atomic mass is 16.4. The molecule has 0 heterocycles. The number of anilines is 1. The number of carbonyl (C=O) groups is 1. The maximum Gasteiger partial charge on any atom is 0.337 e. The molecule has 0 radical (unpaired) electrons. The lowest BCUT2D eigenvalue weighted by molar-refractivity contribution is -0.155. The van der Waals surface area contributed by atoms with Gasteiger partial charge in [-0.05, 0) is 32.4 Å². The van der Waals surface area contributed by atoms with Gasteiger partial charge in [0.05, 0.1) is 6.54 Å². The number of aliphatic carboxylic acids is 1. The Hall–Kier alpha value is -1.55. The fourth-order valence-electron chi connectivity index (χ4n) is 1.85. The second-order valence-corrected chi connectivity index (χ2v) is 4.73. The fourth-order valence-corrected chi connectivity index (χ4v) is 1.85. The van der Waals surface area contributed by atoms with Crippen LogP contribution in [0.3, 0.4) is 0 Å². The lowest BCUT2D eigenvalue weighted by atomic mass is 10.1. The lowest BCUT2D eigenvalue weighted by Crippen LogP contribution is -2.45. The van der Waals surface area contributed by atoms with E-state index in [1.807, 2.05) is 32.0 Å². The number of aliphatic hydroxyl groups is 1. The maximum atomic E-state index is 10.9. The molecule has 2 N–H and O–H groups in total. The molecular weight excluding hydrogens is 218 g/mol. The molecular formula is C13H19NO3. The first-order valence-electron chi connectivity index (χ1n) is 5.48. The highest BCUT2D eigenvalue weighted by Crippen LogP contribution is 2.21. The van der Waals surface area contributed by atoms with Crippen molar-refractivity contribution in [2.24, 2.45) is 0 Å².